The molecule has 1 aliphatic heterocycles. The van der Waals surface area contributed by atoms with Gasteiger partial charge in [0.1, 0.15) is 17.1 Å². The van der Waals surface area contributed by atoms with Crippen LogP contribution in [0.3, 0.4) is 0 Å². The number of rotatable bonds is 7. The van der Waals surface area contributed by atoms with E-state index in [4.69, 9.17) is 26.6 Å². The van der Waals surface area contributed by atoms with Gasteiger partial charge in [0.05, 0.1) is 17.3 Å². The van der Waals surface area contributed by atoms with E-state index in [1.54, 1.807) is 37.3 Å². The van der Waals surface area contributed by atoms with Crippen LogP contribution in [0, 0.1) is 4.84 Å². The minimum atomic E-state index is -1.06. The Morgan fingerprint density at radius 2 is 1.92 bits per heavy atom. The van der Waals surface area contributed by atoms with Crippen LogP contribution in [-0.2, 0) is 11.3 Å². The highest BCUT2D eigenvalue weighted by Crippen LogP contribution is 2.28. The molecule has 14 heteroatoms. The van der Waals surface area contributed by atoms with Crippen molar-refractivity contribution in [3.8, 4) is 5.75 Å². The third-order valence-corrected chi connectivity index (χ3v) is 6.18. The molecule has 0 bridgehead atoms. The van der Waals surface area contributed by atoms with Gasteiger partial charge in [-0.25, -0.2) is 14.2 Å². The van der Waals surface area contributed by atoms with E-state index in [-0.39, 0.29) is 46.6 Å². The highest BCUT2D eigenvalue weighted by Gasteiger charge is 2.22. The Balaban J connectivity index is 1.35. The lowest BCUT2D eigenvalue weighted by atomic mass is 10.1. The number of hydrogen-bond acceptors (Lipinski definition) is 9. The summed E-state index contributed by atoms with van der Waals surface area (Å²) in [7, 11) is 0. The monoisotopic (exact) mass is 548 g/mol. The van der Waals surface area contributed by atoms with Crippen LogP contribution in [-0.4, -0.2) is 49.9 Å². The zero-order valence-corrected chi connectivity index (χ0v) is 21.1. The van der Waals surface area contributed by atoms with Crippen LogP contribution >= 0.6 is 12.2 Å². The van der Waals surface area contributed by atoms with Gasteiger partial charge < -0.3 is 30.3 Å². The number of carbonyl (C=O) groups excluding carboxylic acids is 3. The van der Waals surface area contributed by atoms with Gasteiger partial charge in [-0.15, -0.1) is 0 Å². The van der Waals surface area contributed by atoms with E-state index in [9.17, 15) is 19.2 Å². The van der Waals surface area contributed by atoms with Crippen LogP contribution < -0.4 is 20.7 Å². The summed E-state index contributed by atoms with van der Waals surface area (Å²) < 4.78 is 11.5. The summed E-state index contributed by atoms with van der Waals surface area (Å²) in [5, 5.41) is 21.1. The molecule has 0 saturated carbocycles. The molecule has 3 heterocycles. The molecule has 0 spiro atoms. The van der Waals surface area contributed by atoms with E-state index in [0.29, 0.717) is 22.6 Å². The number of carboxylic acid groups (broad SMARTS) is 1. The number of fused-ring (bicyclic) bond motifs is 2. The summed E-state index contributed by atoms with van der Waals surface area (Å²) in [5.41, 5.74) is 1.85. The van der Waals surface area contributed by atoms with E-state index < -0.39 is 23.8 Å². The second kappa shape index (κ2) is 10.3. The summed E-state index contributed by atoms with van der Waals surface area (Å²) >= 11 is 5.14. The van der Waals surface area contributed by atoms with Crippen molar-refractivity contribution in [1.82, 2.24) is 25.2 Å². The molecule has 39 heavy (non-hydrogen) atoms. The van der Waals surface area contributed by atoms with E-state index >= 15 is 0 Å². The third-order valence-electron chi connectivity index (χ3n) is 5.92. The molecule has 1 aliphatic rings. The van der Waals surface area contributed by atoms with Crippen LogP contribution in [0.2, 0.25) is 0 Å². The number of anilines is 1. The van der Waals surface area contributed by atoms with Crippen LogP contribution in [0.15, 0.2) is 53.1 Å². The molecule has 0 radical (unpaired) electrons. The number of nitrogens with one attached hydrogen (secondary N) is 3. The number of carboxylic acids is 1. The summed E-state index contributed by atoms with van der Waals surface area (Å²) in [4.78, 5) is 52.9. The zero-order chi connectivity index (χ0) is 27.7. The Morgan fingerprint density at radius 1 is 1.15 bits per heavy atom. The maximum Gasteiger partial charge on any atom is 0.335 e. The summed E-state index contributed by atoms with van der Waals surface area (Å²) in [6.45, 7) is 1.76. The number of ether oxygens (including phenoxy) is 1. The third kappa shape index (κ3) is 5.31. The standard InChI is InChI=1S/C25H20N6O7S/c1-12(14-3-5-15(6-4-14)23(35)36)27-22(34)18-9-17(29-24-30-38-25(39)31(18)24)21(33)26-10-13-2-7-19-16(8-13)28-20(32)11-37-19/h2-9,12H,10-11H2,1H3,(H,26,33)(H,27,34)(H,28,32)(H,35,36)/t12-/m0/s1. The Bertz CT molecular complexity index is 1700. The molecule has 2 aromatic carbocycles. The summed E-state index contributed by atoms with van der Waals surface area (Å²) in [6, 6.07) is 11.9. The number of nitrogens with zero attached hydrogens (tertiary/aromatic N) is 3. The van der Waals surface area contributed by atoms with Gasteiger partial charge >= 0.3 is 10.8 Å². The first-order valence-electron chi connectivity index (χ1n) is 11.6. The maximum atomic E-state index is 13.2. The van der Waals surface area contributed by atoms with Crippen LogP contribution in [0.1, 0.15) is 55.4 Å². The van der Waals surface area contributed by atoms with Crippen molar-refractivity contribution in [1.29, 1.82) is 0 Å². The van der Waals surface area contributed by atoms with Crippen molar-refractivity contribution in [2.24, 2.45) is 0 Å². The zero-order valence-electron chi connectivity index (χ0n) is 20.3. The first-order chi connectivity index (χ1) is 18.7. The Labute approximate surface area is 224 Å². The van der Waals surface area contributed by atoms with E-state index in [1.807, 2.05) is 0 Å². The molecule has 13 nitrogen and oxygen atoms in total. The number of aromatic carboxylic acids is 1. The van der Waals surface area contributed by atoms with Crippen LogP contribution in [0.25, 0.3) is 5.78 Å². The molecule has 3 amide bonds. The molecule has 0 unspecified atom stereocenters. The maximum absolute atomic E-state index is 13.2. The van der Waals surface area contributed by atoms with Gasteiger partial charge in [0.15, 0.2) is 6.61 Å². The Morgan fingerprint density at radius 3 is 2.67 bits per heavy atom. The van der Waals surface area contributed by atoms with Crippen molar-refractivity contribution < 1.29 is 33.5 Å². The molecule has 0 fully saturated rings. The second-order valence-electron chi connectivity index (χ2n) is 8.58. The van der Waals surface area contributed by atoms with Crippen LogP contribution in [0.5, 0.6) is 5.75 Å². The van der Waals surface area contributed by atoms with Gasteiger partial charge in [-0.1, -0.05) is 18.2 Å². The molecule has 4 N–H and O–H groups in total. The van der Waals surface area contributed by atoms with Gasteiger partial charge in [-0.05, 0) is 65.8 Å². The van der Waals surface area contributed by atoms with Gasteiger partial charge in [0, 0.05) is 6.54 Å². The Hall–Kier alpha value is -5.11. The van der Waals surface area contributed by atoms with Crippen molar-refractivity contribution in [2.75, 3.05) is 11.9 Å². The first-order valence-corrected chi connectivity index (χ1v) is 12.0. The fraction of sp³-hybridized carbons (Fsp3) is 0.160. The number of amides is 3. The SMILES string of the molecule is C[C@H](NC(=O)c1cc(C(=O)NCc2ccc3c(c2)NC(=O)CO3)nc2noc(=S)n12)c1ccc(C(=O)O)cc1. The molecule has 5 rings (SSSR count). The quantitative estimate of drug-likeness (QED) is 0.251. The number of carbonyl (C=O) groups is 4. The molecule has 0 aliphatic carbocycles. The summed E-state index contributed by atoms with van der Waals surface area (Å²) in [5.74, 6) is -2.05. The predicted octanol–water partition coefficient (Wildman–Crippen LogP) is 2.50. The van der Waals surface area contributed by atoms with Crippen molar-refractivity contribution in [3.05, 3.63) is 81.4 Å². The average molecular weight is 549 g/mol. The largest absolute Gasteiger partial charge is 0.482 e. The molecule has 1 atom stereocenters. The minimum absolute atomic E-state index is 0.0287. The fourth-order valence-electron chi connectivity index (χ4n) is 3.92. The lowest BCUT2D eigenvalue weighted by molar-refractivity contribution is -0.118. The van der Waals surface area contributed by atoms with Crippen molar-refractivity contribution in [2.45, 2.75) is 19.5 Å². The molecule has 2 aromatic heterocycles. The van der Waals surface area contributed by atoms with E-state index in [2.05, 4.69) is 26.1 Å². The van der Waals surface area contributed by atoms with Gasteiger partial charge in [0.2, 0.25) is 0 Å². The van der Waals surface area contributed by atoms with Crippen molar-refractivity contribution in [3.63, 3.8) is 0 Å². The lowest BCUT2D eigenvalue weighted by Crippen LogP contribution is -2.30. The van der Waals surface area contributed by atoms with Crippen molar-refractivity contribution >= 4 is 47.4 Å². The molecular formula is C25H20N6O7S. The topological polar surface area (TPSA) is 177 Å². The molecular weight excluding hydrogens is 528 g/mol. The highest BCUT2D eigenvalue weighted by molar-refractivity contribution is 7.71. The minimum Gasteiger partial charge on any atom is -0.482 e. The van der Waals surface area contributed by atoms with Gasteiger partial charge in [-0.2, -0.15) is 0 Å². The number of aromatic nitrogens is 3. The predicted molar refractivity (Wildman–Crippen MR) is 137 cm³/mol. The van der Waals surface area contributed by atoms with Gasteiger partial charge in [0.25, 0.3) is 23.5 Å². The van der Waals surface area contributed by atoms with E-state index in [0.717, 1.165) is 0 Å². The summed E-state index contributed by atoms with van der Waals surface area (Å²) in [6.07, 6.45) is 0. The fourth-order valence-corrected chi connectivity index (χ4v) is 4.14. The number of benzene rings is 2. The molecule has 198 valence electrons. The van der Waals surface area contributed by atoms with E-state index in [1.165, 1.54) is 22.6 Å². The molecule has 0 saturated heterocycles. The normalized spacial score (nSPS) is 13.1. The first kappa shape index (κ1) is 25.5. The Kier molecular flexibility index (Phi) is 6.77. The lowest BCUT2D eigenvalue weighted by Gasteiger charge is -2.18. The molecule has 4 aromatic rings. The average Bonchev–Trinajstić information content (AvgIpc) is 3.31. The number of hydrogen-bond donors (Lipinski definition) is 4. The van der Waals surface area contributed by atoms with Gasteiger partial charge in [-0.3, -0.25) is 14.4 Å². The highest BCUT2D eigenvalue weighted by atomic mass is 32.1. The second-order valence-corrected chi connectivity index (χ2v) is 8.93. The smallest absolute Gasteiger partial charge is 0.335 e. The van der Waals surface area contributed by atoms with Crippen LogP contribution in [0.4, 0.5) is 5.69 Å².